The van der Waals surface area contributed by atoms with Crippen molar-refractivity contribution in [3.05, 3.63) is 24.3 Å². The van der Waals surface area contributed by atoms with E-state index in [0.29, 0.717) is 5.92 Å². The fraction of sp³-hybridized carbons (Fsp3) is 0.667. The van der Waals surface area contributed by atoms with Gasteiger partial charge in [0.25, 0.3) is 0 Å². The first kappa shape index (κ1) is 16.2. The van der Waals surface area contributed by atoms with Crippen LogP contribution < -0.4 is 10.1 Å². The first-order chi connectivity index (χ1) is 10.2. The molecule has 0 bridgehead atoms. The molecule has 0 amide bonds. The van der Waals surface area contributed by atoms with Gasteiger partial charge in [0.2, 0.25) is 0 Å². The Morgan fingerprint density at radius 1 is 1.14 bits per heavy atom. The highest BCUT2D eigenvalue weighted by Crippen LogP contribution is 2.24. The Bertz CT molecular complexity index is 404. The molecule has 0 aromatic heterocycles. The summed E-state index contributed by atoms with van der Waals surface area (Å²) in [5.74, 6) is 2.38. The Morgan fingerprint density at radius 3 is 2.57 bits per heavy atom. The number of hydrogen-bond donors (Lipinski definition) is 1. The number of rotatable bonds is 8. The number of nitrogens with zero attached hydrogens (tertiary/aromatic N) is 1. The summed E-state index contributed by atoms with van der Waals surface area (Å²) in [5, 5.41) is 3.38. The molecular formula is C18H30N2O. The number of benzene rings is 1. The summed E-state index contributed by atoms with van der Waals surface area (Å²) < 4.78 is 5.99. The second-order valence-electron chi connectivity index (χ2n) is 6.26. The zero-order chi connectivity index (χ0) is 15.1. The third kappa shape index (κ3) is 4.92. The predicted molar refractivity (Wildman–Crippen MR) is 90.1 cm³/mol. The molecule has 2 atom stereocenters. The Balaban J connectivity index is 1.77. The topological polar surface area (TPSA) is 24.5 Å². The molecule has 1 saturated heterocycles. The van der Waals surface area contributed by atoms with Gasteiger partial charge in [-0.15, -0.1) is 0 Å². The van der Waals surface area contributed by atoms with Crippen LogP contribution in [0.4, 0.5) is 5.69 Å². The van der Waals surface area contributed by atoms with Crippen molar-refractivity contribution < 1.29 is 4.74 Å². The van der Waals surface area contributed by atoms with Crippen molar-refractivity contribution in [1.29, 1.82) is 0 Å². The number of hydrogen-bond acceptors (Lipinski definition) is 3. The Morgan fingerprint density at radius 2 is 1.90 bits per heavy atom. The van der Waals surface area contributed by atoms with E-state index in [4.69, 9.17) is 4.74 Å². The second kappa shape index (κ2) is 8.28. The summed E-state index contributed by atoms with van der Waals surface area (Å²) in [5.41, 5.74) is 1.17. The number of ether oxygens (including phenoxy) is 1. The molecule has 3 heteroatoms. The molecule has 1 N–H and O–H groups in total. The highest BCUT2D eigenvalue weighted by atomic mass is 16.5. The van der Waals surface area contributed by atoms with Gasteiger partial charge in [-0.2, -0.15) is 0 Å². The number of nitrogens with one attached hydrogen (secondary N) is 1. The molecule has 1 aliphatic rings. The molecule has 2 unspecified atom stereocenters. The van der Waals surface area contributed by atoms with Crippen LogP contribution in [0.15, 0.2) is 24.3 Å². The van der Waals surface area contributed by atoms with Gasteiger partial charge in [-0.05, 0) is 49.6 Å². The van der Waals surface area contributed by atoms with Crippen molar-refractivity contribution in [2.45, 2.75) is 33.6 Å². The summed E-state index contributed by atoms with van der Waals surface area (Å²) in [6.07, 6.45) is 2.39. The van der Waals surface area contributed by atoms with Gasteiger partial charge < -0.3 is 15.0 Å². The lowest BCUT2D eigenvalue weighted by molar-refractivity contribution is 0.225. The monoisotopic (exact) mass is 290 g/mol. The van der Waals surface area contributed by atoms with Gasteiger partial charge in [0, 0.05) is 31.2 Å². The summed E-state index contributed by atoms with van der Waals surface area (Å²) >= 11 is 0. The third-order valence-electron chi connectivity index (χ3n) is 4.28. The van der Waals surface area contributed by atoms with Crippen LogP contribution in [0.2, 0.25) is 0 Å². The summed E-state index contributed by atoms with van der Waals surface area (Å²) in [6.45, 7) is 12.3. The lowest BCUT2D eigenvalue weighted by Gasteiger charge is -2.16. The van der Waals surface area contributed by atoms with Crippen LogP contribution in [0, 0.1) is 11.8 Å². The summed E-state index contributed by atoms with van der Waals surface area (Å²) in [7, 11) is 0. The van der Waals surface area contributed by atoms with E-state index < -0.39 is 0 Å². The van der Waals surface area contributed by atoms with Gasteiger partial charge in [0.1, 0.15) is 5.75 Å². The van der Waals surface area contributed by atoms with Crippen molar-refractivity contribution in [3.8, 4) is 5.75 Å². The molecule has 0 spiro atoms. The Hall–Kier alpha value is -1.22. The molecule has 21 heavy (non-hydrogen) atoms. The molecule has 1 aromatic rings. The largest absolute Gasteiger partial charge is 0.493 e. The molecule has 0 aliphatic carbocycles. The average molecular weight is 290 g/mol. The van der Waals surface area contributed by atoms with Crippen LogP contribution in [0.5, 0.6) is 5.75 Å². The van der Waals surface area contributed by atoms with Gasteiger partial charge in [-0.1, -0.05) is 20.8 Å². The molecule has 1 heterocycles. The minimum atomic E-state index is 0.662. The highest BCUT2D eigenvalue weighted by Gasteiger charge is 2.29. The van der Waals surface area contributed by atoms with Crippen molar-refractivity contribution >= 4 is 5.69 Å². The summed E-state index contributed by atoms with van der Waals surface area (Å²) in [6, 6.07) is 8.35. The van der Waals surface area contributed by atoms with Crippen molar-refractivity contribution in [3.63, 3.8) is 0 Å². The SMILES string of the molecule is CCCNc1ccc(OCC2CN(CCC)CC2C)cc1. The molecular weight excluding hydrogens is 260 g/mol. The smallest absolute Gasteiger partial charge is 0.119 e. The second-order valence-corrected chi connectivity index (χ2v) is 6.26. The van der Waals surface area contributed by atoms with E-state index in [9.17, 15) is 0 Å². The van der Waals surface area contributed by atoms with Crippen molar-refractivity contribution in [2.75, 3.05) is 38.1 Å². The molecule has 0 saturated carbocycles. The lowest BCUT2D eigenvalue weighted by atomic mass is 9.99. The van der Waals surface area contributed by atoms with Crippen LogP contribution in [0.3, 0.4) is 0 Å². The molecule has 3 nitrogen and oxygen atoms in total. The fourth-order valence-electron chi connectivity index (χ4n) is 3.00. The van der Waals surface area contributed by atoms with E-state index in [1.54, 1.807) is 0 Å². The van der Waals surface area contributed by atoms with E-state index >= 15 is 0 Å². The Labute approximate surface area is 129 Å². The zero-order valence-corrected chi connectivity index (χ0v) is 13.8. The zero-order valence-electron chi connectivity index (χ0n) is 13.8. The van der Waals surface area contributed by atoms with E-state index in [-0.39, 0.29) is 0 Å². The first-order valence-corrected chi connectivity index (χ1v) is 8.42. The van der Waals surface area contributed by atoms with E-state index in [2.05, 4.69) is 55.3 Å². The van der Waals surface area contributed by atoms with Crippen molar-refractivity contribution in [1.82, 2.24) is 4.90 Å². The summed E-state index contributed by atoms with van der Waals surface area (Å²) in [4.78, 5) is 2.57. The molecule has 1 fully saturated rings. The van der Waals surface area contributed by atoms with Crippen LogP contribution in [-0.4, -0.2) is 37.7 Å². The molecule has 0 radical (unpaired) electrons. The molecule has 1 aromatic carbocycles. The minimum absolute atomic E-state index is 0.662. The van der Waals surface area contributed by atoms with E-state index in [1.165, 1.54) is 31.7 Å². The maximum atomic E-state index is 5.99. The van der Waals surface area contributed by atoms with Gasteiger partial charge in [-0.3, -0.25) is 0 Å². The molecule has 118 valence electrons. The van der Waals surface area contributed by atoms with Crippen LogP contribution in [0.25, 0.3) is 0 Å². The standard InChI is InChI=1S/C18H30N2O/c1-4-10-19-17-6-8-18(9-7-17)21-14-16-13-20(11-5-2)12-15(16)3/h6-9,15-16,19H,4-5,10-14H2,1-3H3. The molecule has 1 aliphatic heterocycles. The maximum absolute atomic E-state index is 5.99. The third-order valence-corrected chi connectivity index (χ3v) is 4.28. The van der Waals surface area contributed by atoms with E-state index in [1.807, 2.05) is 0 Å². The van der Waals surface area contributed by atoms with Gasteiger partial charge in [0.05, 0.1) is 6.61 Å². The quantitative estimate of drug-likeness (QED) is 0.786. The molecule has 2 rings (SSSR count). The average Bonchev–Trinajstić information content (AvgIpc) is 2.84. The Kier molecular flexibility index (Phi) is 6.37. The van der Waals surface area contributed by atoms with Crippen molar-refractivity contribution in [2.24, 2.45) is 11.8 Å². The maximum Gasteiger partial charge on any atom is 0.119 e. The van der Waals surface area contributed by atoms with E-state index in [0.717, 1.165) is 31.2 Å². The van der Waals surface area contributed by atoms with Crippen LogP contribution >= 0.6 is 0 Å². The van der Waals surface area contributed by atoms with Crippen LogP contribution in [-0.2, 0) is 0 Å². The fourth-order valence-corrected chi connectivity index (χ4v) is 3.00. The normalized spacial score (nSPS) is 22.4. The van der Waals surface area contributed by atoms with Gasteiger partial charge in [-0.25, -0.2) is 0 Å². The number of likely N-dealkylation sites (tertiary alicyclic amines) is 1. The predicted octanol–water partition coefficient (Wildman–Crippen LogP) is 3.87. The minimum Gasteiger partial charge on any atom is -0.493 e. The number of anilines is 1. The van der Waals surface area contributed by atoms with Gasteiger partial charge >= 0.3 is 0 Å². The van der Waals surface area contributed by atoms with Gasteiger partial charge in [0.15, 0.2) is 0 Å². The lowest BCUT2D eigenvalue weighted by Crippen LogP contribution is -2.23. The first-order valence-electron chi connectivity index (χ1n) is 8.42. The highest BCUT2D eigenvalue weighted by molar-refractivity contribution is 5.46. The van der Waals surface area contributed by atoms with Crippen LogP contribution in [0.1, 0.15) is 33.6 Å².